The summed E-state index contributed by atoms with van der Waals surface area (Å²) < 4.78 is 7.19. The van der Waals surface area contributed by atoms with Gasteiger partial charge in [0.1, 0.15) is 11.4 Å². The lowest BCUT2D eigenvalue weighted by atomic mass is 9.97. The van der Waals surface area contributed by atoms with Crippen molar-refractivity contribution < 1.29 is 9.53 Å². The molecule has 3 aromatic rings. The Balaban J connectivity index is 1.92. The van der Waals surface area contributed by atoms with Crippen LogP contribution in [0.5, 0.6) is 0 Å². The maximum atomic E-state index is 13.0. The Hall–Kier alpha value is -3.15. The van der Waals surface area contributed by atoms with Gasteiger partial charge in [0.15, 0.2) is 0 Å². The molecule has 1 aliphatic rings. The van der Waals surface area contributed by atoms with Gasteiger partial charge in [-0.1, -0.05) is 6.07 Å². The molecule has 0 N–H and O–H groups in total. The molecule has 6 nitrogen and oxygen atoms in total. The number of hydrogen-bond donors (Lipinski definition) is 0. The molecule has 0 spiro atoms. The Morgan fingerprint density at radius 2 is 2.00 bits per heavy atom. The van der Waals surface area contributed by atoms with Crippen molar-refractivity contribution in [3.63, 3.8) is 0 Å². The molecule has 0 radical (unpaired) electrons. The van der Waals surface area contributed by atoms with E-state index in [0.29, 0.717) is 11.4 Å². The van der Waals surface area contributed by atoms with Crippen molar-refractivity contribution in [3.05, 3.63) is 58.0 Å². The van der Waals surface area contributed by atoms with Gasteiger partial charge in [-0.25, -0.2) is 9.78 Å². The fourth-order valence-corrected chi connectivity index (χ4v) is 3.74. The molecule has 29 heavy (non-hydrogen) atoms. The summed E-state index contributed by atoms with van der Waals surface area (Å²) in [5.74, 6) is 0.333. The number of carbonyl (C=O) groups is 1. The number of ether oxygens (including phenoxy) is 1. The monoisotopic (exact) mass is 391 g/mol. The molecule has 1 saturated carbocycles. The van der Waals surface area contributed by atoms with Crippen LogP contribution in [0.2, 0.25) is 0 Å². The van der Waals surface area contributed by atoms with Gasteiger partial charge in [0.25, 0.3) is 0 Å². The third-order valence-electron chi connectivity index (χ3n) is 5.40. The molecular formula is C23H25N3O3. The molecule has 150 valence electrons. The summed E-state index contributed by atoms with van der Waals surface area (Å²) in [6.45, 7) is 4.01. The van der Waals surface area contributed by atoms with Gasteiger partial charge in [0.2, 0.25) is 5.43 Å². The summed E-state index contributed by atoms with van der Waals surface area (Å²) in [6.07, 6.45) is 5.63. The number of esters is 1. The smallest absolute Gasteiger partial charge is 0.343 e. The highest BCUT2D eigenvalue weighted by atomic mass is 16.5. The minimum absolute atomic E-state index is 0.107. The standard InChI is InChI=1S/C23H25N3O3/c1-5-29-23(28)19-13-26(16-7-8-16)21-14(2)17(9-10-18(21)22(19)27)15-6-11-20(24-12-15)25(3)4/h6,9-13,16H,5,7-8H2,1-4H3. The first-order chi connectivity index (χ1) is 13.9. The summed E-state index contributed by atoms with van der Waals surface area (Å²) in [7, 11) is 3.91. The summed E-state index contributed by atoms with van der Waals surface area (Å²) in [5, 5.41) is 0.557. The number of aromatic nitrogens is 2. The van der Waals surface area contributed by atoms with Gasteiger partial charge in [-0.2, -0.15) is 0 Å². The first-order valence-electron chi connectivity index (χ1n) is 9.91. The van der Waals surface area contributed by atoms with E-state index in [0.717, 1.165) is 40.9 Å². The number of hydrogen-bond acceptors (Lipinski definition) is 5. The van der Waals surface area contributed by atoms with E-state index in [2.05, 4.69) is 9.55 Å². The van der Waals surface area contributed by atoms with Crippen molar-refractivity contribution >= 4 is 22.7 Å². The topological polar surface area (TPSA) is 64.4 Å². The Morgan fingerprint density at radius 3 is 2.59 bits per heavy atom. The molecule has 2 heterocycles. The molecule has 0 saturated heterocycles. The van der Waals surface area contributed by atoms with Gasteiger partial charge >= 0.3 is 5.97 Å². The van der Waals surface area contributed by atoms with Crippen LogP contribution in [-0.2, 0) is 4.74 Å². The number of rotatable bonds is 5. The van der Waals surface area contributed by atoms with Crippen LogP contribution in [0.4, 0.5) is 5.82 Å². The molecule has 0 unspecified atom stereocenters. The third-order valence-corrected chi connectivity index (χ3v) is 5.40. The van der Waals surface area contributed by atoms with Crippen LogP contribution in [0.1, 0.15) is 41.7 Å². The minimum atomic E-state index is -0.556. The number of pyridine rings is 2. The molecule has 0 amide bonds. The number of benzene rings is 1. The quantitative estimate of drug-likeness (QED) is 0.616. The van der Waals surface area contributed by atoms with E-state index in [1.54, 1.807) is 13.1 Å². The Morgan fingerprint density at radius 1 is 1.24 bits per heavy atom. The maximum absolute atomic E-state index is 13.0. The van der Waals surface area contributed by atoms with E-state index < -0.39 is 5.97 Å². The summed E-state index contributed by atoms with van der Waals surface area (Å²) >= 11 is 0. The zero-order chi connectivity index (χ0) is 20.7. The van der Waals surface area contributed by atoms with E-state index in [-0.39, 0.29) is 17.6 Å². The van der Waals surface area contributed by atoms with Crippen molar-refractivity contribution in [2.24, 2.45) is 0 Å². The predicted octanol–water partition coefficient (Wildman–Crippen LogP) is 3.95. The zero-order valence-electron chi connectivity index (χ0n) is 17.2. The summed E-state index contributed by atoms with van der Waals surface area (Å²) in [4.78, 5) is 31.8. The Kier molecular flexibility index (Phi) is 4.86. The van der Waals surface area contributed by atoms with Crippen LogP contribution in [0.3, 0.4) is 0 Å². The average molecular weight is 391 g/mol. The number of aryl methyl sites for hydroxylation is 1. The van der Waals surface area contributed by atoms with Crippen LogP contribution < -0.4 is 10.3 Å². The normalized spacial score (nSPS) is 13.5. The van der Waals surface area contributed by atoms with Gasteiger partial charge in [-0.15, -0.1) is 0 Å². The van der Waals surface area contributed by atoms with Gasteiger partial charge in [0.05, 0.1) is 12.1 Å². The van der Waals surface area contributed by atoms with Crippen molar-refractivity contribution in [1.82, 2.24) is 9.55 Å². The van der Waals surface area contributed by atoms with Crippen LogP contribution in [-0.4, -0.2) is 36.2 Å². The largest absolute Gasteiger partial charge is 0.462 e. The van der Waals surface area contributed by atoms with Gasteiger partial charge in [-0.05, 0) is 56.0 Å². The van der Waals surface area contributed by atoms with Gasteiger partial charge in [-0.3, -0.25) is 4.79 Å². The fraction of sp³-hybridized carbons (Fsp3) is 0.348. The van der Waals surface area contributed by atoms with Gasteiger partial charge < -0.3 is 14.2 Å². The lowest BCUT2D eigenvalue weighted by Gasteiger charge is -2.17. The zero-order valence-corrected chi connectivity index (χ0v) is 17.2. The predicted molar refractivity (Wildman–Crippen MR) is 115 cm³/mol. The molecular weight excluding hydrogens is 366 g/mol. The third kappa shape index (κ3) is 3.39. The second kappa shape index (κ2) is 7.35. The van der Waals surface area contributed by atoms with E-state index in [4.69, 9.17) is 4.74 Å². The molecule has 0 bridgehead atoms. The number of carbonyl (C=O) groups excluding carboxylic acids is 1. The van der Waals surface area contributed by atoms with E-state index in [9.17, 15) is 9.59 Å². The number of fused-ring (bicyclic) bond motifs is 1. The fourth-order valence-electron chi connectivity index (χ4n) is 3.74. The van der Waals surface area contributed by atoms with E-state index in [1.807, 2.05) is 56.4 Å². The molecule has 4 rings (SSSR count). The first-order valence-corrected chi connectivity index (χ1v) is 9.91. The van der Waals surface area contributed by atoms with Crippen molar-refractivity contribution in [3.8, 4) is 11.1 Å². The molecule has 0 atom stereocenters. The van der Waals surface area contributed by atoms with Crippen molar-refractivity contribution in [2.45, 2.75) is 32.7 Å². The summed E-state index contributed by atoms with van der Waals surface area (Å²) in [5.41, 5.74) is 3.77. The lowest BCUT2D eigenvalue weighted by molar-refractivity contribution is 0.0524. The highest BCUT2D eigenvalue weighted by Gasteiger charge is 2.28. The first kappa shape index (κ1) is 19.2. The van der Waals surface area contributed by atoms with Crippen molar-refractivity contribution in [2.75, 3.05) is 25.6 Å². The van der Waals surface area contributed by atoms with E-state index >= 15 is 0 Å². The molecule has 1 aliphatic carbocycles. The second-order valence-electron chi connectivity index (χ2n) is 7.66. The molecule has 2 aromatic heterocycles. The second-order valence-corrected chi connectivity index (χ2v) is 7.66. The Bertz CT molecular complexity index is 1140. The molecule has 0 aliphatic heterocycles. The van der Waals surface area contributed by atoms with Crippen LogP contribution in [0.15, 0.2) is 41.5 Å². The SMILES string of the molecule is CCOC(=O)c1cn(C2CC2)c2c(C)c(-c3ccc(N(C)C)nc3)ccc2c1=O. The Labute approximate surface area is 169 Å². The maximum Gasteiger partial charge on any atom is 0.343 e. The highest BCUT2D eigenvalue weighted by molar-refractivity contribution is 5.96. The van der Waals surface area contributed by atoms with Crippen LogP contribution >= 0.6 is 0 Å². The summed E-state index contributed by atoms with van der Waals surface area (Å²) in [6, 6.07) is 8.10. The number of anilines is 1. The van der Waals surface area contributed by atoms with Gasteiger partial charge in [0, 0.05) is 43.5 Å². The number of nitrogens with zero attached hydrogens (tertiary/aromatic N) is 3. The van der Waals surface area contributed by atoms with Crippen LogP contribution in [0, 0.1) is 6.92 Å². The molecule has 1 aromatic carbocycles. The highest BCUT2D eigenvalue weighted by Crippen LogP contribution is 2.39. The van der Waals surface area contributed by atoms with Crippen molar-refractivity contribution in [1.29, 1.82) is 0 Å². The minimum Gasteiger partial charge on any atom is -0.462 e. The van der Waals surface area contributed by atoms with E-state index in [1.165, 1.54) is 0 Å². The van der Waals surface area contributed by atoms with Crippen LogP contribution in [0.25, 0.3) is 22.0 Å². The molecule has 1 fully saturated rings. The average Bonchev–Trinajstić information content (AvgIpc) is 3.54. The lowest BCUT2D eigenvalue weighted by Crippen LogP contribution is -2.21. The molecule has 6 heteroatoms.